The van der Waals surface area contributed by atoms with Gasteiger partial charge in [-0.05, 0) is 29.7 Å². The van der Waals surface area contributed by atoms with Crippen LogP contribution < -0.4 is 4.74 Å². The minimum Gasteiger partial charge on any atom is -0.497 e. The smallest absolute Gasteiger partial charge is 0.306 e. The molecule has 2 bridgehead atoms. The van der Waals surface area contributed by atoms with Gasteiger partial charge < -0.3 is 14.2 Å². The zero-order valence-electron chi connectivity index (χ0n) is 12.7. The van der Waals surface area contributed by atoms with Crippen LogP contribution in [0.1, 0.15) is 42.9 Å². The largest absolute Gasteiger partial charge is 0.497 e. The Hall–Kier alpha value is -1.88. The molecule has 0 N–H and O–H groups in total. The Bertz CT molecular complexity index is 580. The molecular weight excluding hydrogens is 284 g/mol. The molecule has 2 aliphatic heterocycles. The monoisotopic (exact) mass is 304 g/mol. The summed E-state index contributed by atoms with van der Waals surface area (Å²) in [5, 5.41) is 0. The third-order valence-corrected chi connectivity index (χ3v) is 4.22. The van der Waals surface area contributed by atoms with Gasteiger partial charge in [0, 0.05) is 25.7 Å². The molecule has 0 aliphatic carbocycles. The lowest BCUT2D eigenvalue weighted by Crippen LogP contribution is -2.29. The Labute approximate surface area is 129 Å². The first-order valence-electron chi connectivity index (χ1n) is 7.65. The highest BCUT2D eigenvalue weighted by Crippen LogP contribution is 2.35. The van der Waals surface area contributed by atoms with E-state index in [4.69, 9.17) is 14.2 Å². The second kappa shape index (κ2) is 6.48. The molecule has 0 spiro atoms. The van der Waals surface area contributed by atoms with E-state index in [1.165, 1.54) is 0 Å². The molecule has 0 radical (unpaired) electrons. The third kappa shape index (κ3) is 3.30. The molecule has 5 heteroatoms. The Kier molecular flexibility index (Phi) is 4.43. The Morgan fingerprint density at radius 3 is 2.86 bits per heavy atom. The van der Waals surface area contributed by atoms with E-state index < -0.39 is 0 Å². The van der Waals surface area contributed by atoms with Crippen LogP contribution in [-0.2, 0) is 25.5 Å². The summed E-state index contributed by atoms with van der Waals surface area (Å²) in [6.07, 6.45) is 1.84. The summed E-state index contributed by atoms with van der Waals surface area (Å²) in [6, 6.07) is 5.73. The molecule has 2 atom stereocenters. The highest BCUT2D eigenvalue weighted by Gasteiger charge is 2.31. The summed E-state index contributed by atoms with van der Waals surface area (Å²) >= 11 is 0. The quantitative estimate of drug-likeness (QED) is 0.745. The number of methoxy groups -OCH3 is 1. The lowest BCUT2D eigenvalue weighted by Gasteiger charge is -2.30. The van der Waals surface area contributed by atoms with Crippen LogP contribution in [0.15, 0.2) is 18.2 Å². The number of hydrogen-bond donors (Lipinski definition) is 0. The van der Waals surface area contributed by atoms with Gasteiger partial charge in [-0.25, -0.2) is 0 Å². The van der Waals surface area contributed by atoms with E-state index in [9.17, 15) is 9.59 Å². The van der Waals surface area contributed by atoms with Gasteiger partial charge in [-0.3, -0.25) is 9.59 Å². The van der Waals surface area contributed by atoms with Crippen molar-refractivity contribution in [1.82, 2.24) is 0 Å². The number of fused-ring (bicyclic) bond motifs is 4. The zero-order valence-corrected chi connectivity index (χ0v) is 12.7. The van der Waals surface area contributed by atoms with Gasteiger partial charge in [0.05, 0.1) is 25.9 Å². The Morgan fingerprint density at radius 2 is 2.05 bits per heavy atom. The number of rotatable bonds is 1. The molecule has 5 nitrogen and oxygen atoms in total. The molecule has 0 amide bonds. The van der Waals surface area contributed by atoms with Crippen molar-refractivity contribution in [3.63, 3.8) is 0 Å². The van der Waals surface area contributed by atoms with Crippen molar-refractivity contribution in [3.8, 4) is 5.75 Å². The number of ether oxygens (including phenoxy) is 3. The molecule has 0 aromatic heterocycles. The molecule has 1 saturated heterocycles. The average Bonchev–Trinajstić information content (AvgIpc) is 2.53. The summed E-state index contributed by atoms with van der Waals surface area (Å²) in [4.78, 5) is 23.8. The molecular formula is C17H20O5. The average molecular weight is 304 g/mol. The van der Waals surface area contributed by atoms with Gasteiger partial charge in [0.2, 0.25) is 0 Å². The topological polar surface area (TPSA) is 61.8 Å². The van der Waals surface area contributed by atoms with Crippen LogP contribution in [0.5, 0.6) is 5.75 Å². The standard InChI is InChI=1S/C17H20O5/c1-20-13-3-4-15-11(8-13)2-5-17(19)21-7-6-14-9-12(18)10-16(15)22-14/h3-4,8,14,16H,2,5-7,9-10H2,1H3/t14-,16-/m0/s1. The molecule has 1 aromatic rings. The van der Waals surface area contributed by atoms with E-state index >= 15 is 0 Å². The minimum absolute atomic E-state index is 0.174. The van der Waals surface area contributed by atoms with Gasteiger partial charge in [-0.15, -0.1) is 0 Å². The summed E-state index contributed by atoms with van der Waals surface area (Å²) in [6.45, 7) is 0.309. The number of carbonyl (C=O) groups excluding carboxylic acids is 2. The van der Waals surface area contributed by atoms with E-state index in [-0.39, 0.29) is 24.0 Å². The summed E-state index contributed by atoms with van der Waals surface area (Å²) in [7, 11) is 1.61. The van der Waals surface area contributed by atoms with Crippen LogP contribution in [-0.4, -0.2) is 31.6 Å². The van der Waals surface area contributed by atoms with E-state index in [2.05, 4.69) is 0 Å². The lowest BCUT2D eigenvalue weighted by atomic mass is 9.92. The fourth-order valence-electron chi connectivity index (χ4n) is 3.08. The maximum absolute atomic E-state index is 12.0. The molecule has 22 heavy (non-hydrogen) atoms. The third-order valence-electron chi connectivity index (χ3n) is 4.22. The molecule has 2 aliphatic rings. The maximum Gasteiger partial charge on any atom is 0.306 e. The molecule has 1 aromatic carbocycles. The minimum atomic E-state index is -0.236. The highest BCUT2D eigenvalue weighted by atomic mass is 16.5. The Balaban J connectivity index is 1.96. The van der Waals surface area contributed by atoms with E-state index in [1.807, 2.05) is 18.2 Å². The Morgan fingerprint density at radius 1 is 1.18 bits per heavy atom. The van der Waals surface area contributed by atoms with Crippen LogP contribution >= 0.6 is 0 Å². The number of cyclic esters (lactones) is 1. The number of esters is 1. The second-order valence-electron chi connectivity index (χ2n) is 5.77. The van der Waals surface area contributed by atoms with Crippen molar-refractivity contribution in [2.24, 2.45) is 0 Å². The maximum atomic E-state index is 12.0. The summed E-state index contributed by atoms with van der Waals surface area (Å²) < 4.78 is 16.5. The van der Waals surface area contributed by atoms with Crippen LogP contribution in [0.4, 0.5) is 0 Å². The van der Waals surface area contributed by atoms with Crippen molar-refractivity contribution in [2.75, 3.05) is 13.7 Å². The second-order valence-corrected chi connectivity index (χ2v) is 5.77. The molecule has 0 unspecified atom stereocenters. The predicted molar refractivity (Wildman–Crippen MR) is 78.7 cm³/mol. The number of Topliss-reactive ketones (excluding diaryl/α,β-unsaturated/α-hetero) is 1. The van der Waals surface area contributed by atoms with Gasteiger partial charge >= 0.3 is 5.97 Å². The number of aryl methyl sites for hydroxylation is 1. The fraction of sp³-hybridized carbons (Fsp3) is 0.529. The molecule has 2 heterocycles. The number of carbonyl (C=O) groups is 2. The molecule has 3 rings (SSSR count). The van der Waals surface area contributed by atoms with Crippen molar-refractivity contribution in [3.05, 3.63) is 29.3 Å². The summed E-state index contributed by atoms with van der Waals surface area (Å²) in [5.74, 6) is 0.728. The van der Waals surface area contributed by atoms with Crippen molar-refractivity contribution in [2.45, 2.75) is 44.3 Å². The van der Waals surface area contributed by atoms with Gasteiger partial charge in [0.15, 0.2) is 0 Å². The first kappa shape index (κ1) is 15.0. The normalized spacial score (nSPS) is 25.7. The molecule has 1 fully saturated rings. The number of benzene rings is 1. The van der Waals surface area contributed by atoms with Crippen molar-refractivity contribution >= 4 is 11.8 Å². The van der Waals surface area contributed by atoms with Gasteiger partial charge in [0.25, 0.3) is 0 Å². The van der Waals surface area contributed by atoms with Crippen LogP contribution in [0, 0.1) is 0 Å². The van der Waals surface area contributed by atoms with Gasteiger partial charge in [0.1, 0.15) is 11.5 Å². The zero-order chi connectivity index (χ0) is 15.5. The van der Waals surface area contributed by atoms with Crippen molar-refractivity contribution in [1.29, 1.82) is 0 Å². The van der Waals surface area contributed by atoms with E-state index in [0.717, 1.165) is 16.9 Å². The predicted octanol–water partition coefficient (Wildman–Crippen LogP) is 2.36. The summed E-state index contributed by atoms with van der Waals surface area (Å²) in [5.41, 5.74) is 1.96. The molecule has 118 valence electrons. The number of hydrogen-bond acceptors (Lipinski definition) is 5. The first-order valence-corrected chi connectivity index (χ1v) is 7.65. The van der Waals surface area contributed by atoms with E-state index in [0.29, 0.717) is 38.7 Å². The highest BCUT2D eigenvalue weighted by molar-refractivity contribution is 5.80. The van der Waals surface area contributed by atoms with Gasteiger partial charge in [-0.2, -0.15) is 0 Å². The fourth-order valence-corrected chi connectivity index (χ4v) is 3.08. The van der Waals surface area contributed by atoms with Crippen LogP contribution in [0.3, 0.4) is 0 Å². The number of ketones is 1. The van der Waals surface area contributed by atoms with Crippen LogP contribution in [0.25, 0.3) is 0 Å². The SMILES string of the molecule is COc1ccc2c(c1)CCC(=O)OCC[C@H]1CC(=O)C[C@@H]2O1. The van der Waals surface area contributed by atoms with Gasteiger partial charge in [-0.1, -0.05) is 6.07 Å². The first-order chi connectivity index (χ1) is 10.7. The molecule has 0 saturated carbocycles. The lowest BCUT2D eigenvalue weighted by molar-refractivity contribution is -0.146. The van der Waals surface area contributed by atoms with Crippen LogP contribution in [0.2, 0.25) is 0 Å². The van der Waals surface area contributed by atoms with E-state index in [1.54, 1.807) is 7.11 Å². The van der Waals surface area contributed by atoms with Crippen molar-refractivity contribution < 1.29 is 23.8 Å².